The molecule has 5 amide bonds. The van der Waals surface area contributed by atoms with Gasteiger partial charge in [0.2, 0.25) is 0 Å². The fourth-order valence-corrected chi connectivity index (χ4v) is 3.92. The van der Waals surface area contributed by atoms with E-state index in [1.807, 2.05) is 0 Å². The first-order valence-corrected chi connectivity index (χ1v) is 10.8. The van der Waals surface area contributed by atoms with E-state index >= 15 is 0 Å². The van der Waals surface area contributed by atoms with Crippen LogP contribution in [-0.2, 0) is 4.74 Å². The fourth-order valence-electron chi connectivity index (χ4n) is 3.56. The number of urea groups is 1. The van der Waals surface area contributed by atoms with Crippen LogP contribution in [0, 0.1) is 0 Å². The van der Waals surface area contributed by atoms with Crippen molar-refractivity contribution in [1.29, 1.82) is 0 Å². The van der Waals surface area contributed by atoms with Gasteiger partial charge in [-0.1, -0.05) is 15.9 Å². The van der Waals surface area contributed by atoms with E-state index in [-0.39, 0.29) is 36.5 Å². The minimum atomic E-state index is -0.319. The summed E-state index contributed by atoms with van der Waals surface area (Å²) in [6, 6.07) is 4.71. The maximum atomic E-state index is 12.4. The van der Waals surface area contributed by atoms with Crippen LogP contribution in [0.25, 0.3) is 0 Å². The van der Waals surface area contributed by atoms with E-state index in [4.69, 9.17) is 4.74 Å². The summed E-state index contributed by atoms with van der Waals surface area (Å²) >= 11 is 3.31. The van der Waals surface area contributed by atoms with Crippen LogP contribution in [0.4, 0.5) is 9.59 Å². The first-order chi connectivity index (χ1) is 14.4. The molecule has 10 heteroatoms. The van der Waals surface area contributed by atoms with Crippen LogP contribution in [-0.4, -0.2) is 72.6 Å². The summed E-state index contributed by atoms with van der Waals surface area (Å²) in [5.74, 6) is -0.616. The van der Waals surface area contributed by atoms with E-state index in [0.717, 1.165) is 4.47 Å². The Labute approximate surface area is 183 Å². The number of hydrogen-bond donors (Lipinski definition) is 2. The highest BCUT2D eigenvalue weighted by molar-refractivity contribution is 9.10. The van der Waals surface area contributed by atoms with Crippen molar-refractivity contribution >= 4 is 39.9 Å². The molecular weight excluding hydrogens is 456 g/mol. The molecule has 0 radical (unpaired) electrons. The molecule has 1 saturated heterocycles. The molecule has 0 aliphatic carbocycles. The average Bonchev–Trinajstić information content (AvgIpc) is 2.95. The molecule has 1 aromatic rings. The fraction of sp³-hybridized carbons (Fsp3) is 0.500. The summed E-state index contributed by atoms with van der Waals surface area (Å²) in [6.45, 7) is 3.77. The van der Waals surface area contributed by atoms with E-state index in [9.17, 15) is 19.2 Å². The number of amides is 5. The predicted molar refractivity (Wildman–Crippen MR) is 112 cm³/mol. The Bertz CT molecular complexity index is 838. The molecule has 2 N–H and O–H groups in total. The third kappa shape index (κ3) is 5.10. The lowest BCUT2D eigenvalue weighted by atomic mass is 10.1. The molecule has 1 fully saturated rings. The molecule has 9 nitrogen and oxygen atoms in total. The summed E-state index contributed by atoms with van der Waals surface area (Å²) in [6.07, 6.45) is 1.47. The highest BCUT2D eigenvalue weighted by atomic mass is 79.9. The summed E-state index contributed by atoms with van der Waals surface area (Å²) in [5.41, 5.74) is 0.803. The third-order valence-electron chi connectivity index (χ3n) is 5.13. The molecule has 0 bridgehead atoms. The van der Waals surface area contributed by atoms with Crippen LogP contribution >= 0.6 is 15.9 Å². The van der Waals surface area contributed by atoms with E-state index < -0.39 is 0 Å². The van der Waals surface area contributed by atoms with Crippen LogP contribution < -0.4 is 10.6 Å². The predicted octanol–water partition coefficient (Wildman–Crippen LogP) is 2.36. The normalized spacial score (nSPS) is 16.5. The van der Waals surface area contributed by atoms with Crippen molar-refractivity contribution < 1.29 is 23.9 Å². The number of likely N-dealkylation sites (tertiary alicyclic amines) is 1. The van der Waals surface area contributed by atoms with Crippen molar-refractivity contribution in [2.45, 2.75) is 32.2 Å². The Hall–Kier alpha value is -2.62. The number of piperidine rings is 1. The number of nitrogens with one attached hydrogen (secondary N) is 2. The van der Waals surface area contributed by atoms with Crippen LogP contribution in [0.1, 0.15) is 46.9 Å². The van der Waals surface area contributed by atoms with Crippen LogP contribution in [0.15, 0.2) is 22.7 Å². The van der Waals surface area contributed by atoms with Gasteiger partial charge in [-0.3, -0.25) is 14.5 Å². The maximum Gasteiger partial charge on any atom is 0.409 e. The molecule has 0 aromatic heterocycles. The van der Waals surface area contributed by atoms with Gasteiger partial charge in [-0.05, 0) is 44.4 Å². The van der Waals surface area contributed by atoms with Crippen molar-refractivity contribution in [2.75, 3.05) is 32.8 Å². The van der Waals surface area contributed by atoms with Gasteiger partial charge in [0, 0.05) is 36.7 Å². The van der Waals surface area contributed by atoms with Gasteiger partial charge >= 0.3 is 12.1 Å². The number of carbonyl (C=O) groups excluding carboxylic acids is 4. The molecule has 0 saturated carbocycles. The maximum absolute atomic E-state index is 12.4. The highest BCUT2D eigenvalue weighted by Crippen LogP contribution is 2.26. The van der Waals surface area contributed by atoms with Crippen molar-refractivity contribution in [3.05, 3.63) is 33.8 Å². The lowest BCUT2D eigenvalue weighted by molar-refractivity contribution is 0.0653. The number of carbonyl (C=O) groups is 4. The number of imide groups is 1. The van der Waals surface area contributed by atoms with Gasteiger partial charge in [0.05, 0.1) is 17.7 Å². The second kappa shape index (κ2) is 9.92. The van der Waals surface area contributed by atoms with E-state index in [2.05, 4.69) is 26.6 Å². The zero-order chi connectivity index (χ0) is 21.7. The Morgan fingerprint density at radius 3 is 2.57 bits per heavy atom. The summed E-state index contributed by atoms with van der Waals surface area (Å²) in [7, 11) is 0. The van der Waals surface area contributed by atoms with Gasteiger partial charge in [0.1, 0.15) is 0 Å². The van der Waals surface area contributed by atoms with E-state index in [1.165, 1.54) is 4.90 Å². The Kier molecular flexibility index (Phi) is 7.30. The Balaban J connectivity index is 1.35. The first kappa shape index (κ1) is 22.1. The smallest absolute Gasteiger partial charge is 0.409 e. The first-order valence-electron chi connectivity index (χ1n) is 10.0. The second-order valence-corrected chi connectivity index (χ2v) is 8.08. The molecule has 1 aromatic carbocycles. The van der Waals surface area contributed by atoms with Crippen molar-refractivity contribution in [2.24, 2.45) is 0 Å². The lowest BCUT2D eigenvalue weighted by Gasteiger charge is -2.31. The largest absolute Gasteiger partial charge is 0.450 e. The molecule has 3 rings (SSSR count). The van der Waals surface area contributed by atoms with Gasteiger partial charge < -0.3 is 20.3 Å². The van der Waals surface area contributed by atoms with Gasteiger partial charge in [-0.2, -0.15) is 0 Å². The summed E-state index contributed by atoms with van der Waals surface area (Å²) in [5, 5.41) is 5.65. The number of ether oxygens (including phenoxy) is 1. The quantitative estimate of drug-likeness (QED) is 0.479. The van der Waals surface area contributed by atoms with Gasteiger partial charge in [0.25, 0.3) is 11.8 Å². The second-order valence-electron chi connectivity index (χ2n) is 7.17. The van der Waals surface area contributed by atoms with Crippen molar-refractivity contribution in [3.8, 4) is 0 Å². The lowest BCUT2D eigenvalue weighted by Crippen LogP contribution is -2.49. The van der Waals surface area contributed by atoms with Crippen LogP contribution in [0.5, 0.6) is 0 Å². The highest BCUT2D eigenvalue weighted by Gasteiger charge is 2.35. The molecule has 2 heterocycles. The Morgan fingerprint density at radius 1 is 1.17 bits per heavy atom. The van der Waals surface area contributed by atoms with E-state index in [1.54, 1.807) is 30.0 Å². The monoisotopic (exact) mass is 480 g/mol. The number of rotatable bonds is 6. The number of fused-ring (bicyclic) bond motifs is 1. The molecule has 2 aliphatic rings. The van der Waals surface area contributed by atoms with Crippen molar-refractivity contribution in [1.82, 2.24) is 20.4 Å². The topological polar surface area (TPSA) is 108 Å². The molecule has 0 atom stereocenters. The van der Waals surface area contributed by atoms with Crippen molar-refractivity contribution in [3.63, 3.8) is 0 Å². The Morgan fingerprint density at radius 2 is 1.87 bits per heavy atom. The molecule has 0 spiro atoms. The average molecular weight is 481 g/mol. The number of benzene rings is 1. The standard InChI is InChI=1S/C20H25BrN4O5/c1-2-30-20(29)24-10-6-14(7-11-24)23-19(28)22-8-3-9-25-17(26)15-5-4-13(21)12-16(15)18(25)27/h4-5,12,14H,2-3,6-11H2,1H3,(H2,22,23,28). The van der Waals surface area contributed by atoms with Crippen LogP contribution in [0.2, 0.25) is 0 Å². The molecular formula is C20H25BrN4O5. The van der Waals surface area contributed by atoms with Gasteiger partial charge in [0.15, 0.2) is 0 Å². The minimum Gasteiger partial charge on any atom is -0.450 e. The minimum absolute atomic E-state index is 0.00893. The zero-order valence-electron chi connectivity index (χ0n) is 16.8. The number of nitrogens with zero attached hydrogens (tertiary/aromatic N) is 2. The summed E-state index contributed by atoms with van der Waals surface area (Å²) in [4.78, 5) is 51.4. The number of hydrogen-bond acceptors (Lipinski definition) is 5. The molecule has 0 unspecified atom stereocenters. The molecule has 2 aliphatic heterocycles. The zero-order valence-corrected chi connectivity index (χ0v) is 18.4. The third-order valence-corrected chi connectivity index (χ3v) is 5.63. The SMILES string of the molecule is CCOC(=O)N1CCC(NC(=O)NCCCN2C(=O)c3ccc(Br)cc3C2=O)CC1. The van der Waals surface area contributed by atoms with E-state index in [0.29, 0.717) is 56.6 Å². The van der Waals surface area contributed by atoms with Gasteiger partial charge in [-0.25, -0.2) is 9.59 Å². The van der Waals surface area contributed by atoms with Crippen LogP contribution in [0.3, 0.4) is 0 Å². The number of halogens is 1. The molecule has 30 heavy (non-hydrogen) atoms. The van der Waals surface area contributed by atoms with Gasteiger partial charge in [-0.15, -0.1) is 0 Å². The summed E-state index contributed by atoms with van der Waals surface area (Å²) < 4.78 is 5.73. The molecule has 162 valence electrons.